The van der Waals surface area contributed by atoms with Crippen molar-refractivity contribution in [2.75, 3.05) is 6.61 Å². The average Bonchev–Trinajstić information content (AvgIpc) is 1.78. The molecule has 0 heterocycles. The van der Waals surface area contributed by atoms with Crippen molar-refractivity contribution in [3.8, 4) is 0 Å². The number of halogens is 7. The molecule has 0 fully saturated rings. The second-order valence-electron chi connectivity index (χ2n) is 2.08. The molecule has 0 aliphatic rings. The van der Waals surface area contributed by atoms with E-state index in [-0.39, 0.29) is 0 Å². The van der Waals surface area contributed by atoms with Crippen LogP contribution in [0.15, 0.2) is 11.6 Å². The predicted octanol–water partition coefficient (Wildman–Crippen LogP) is 3.33. The Kier molecular flexibility index (Phi) is 3.78. The van der Waals surface area contributed by atoms with Gasteiger partial charge in [-0.1, -0.05) is 0 Å². The number of rotatable bonds is 2. The smallest absolute Gasteiger partial charge is 0.427 e. The zero-order valence-corrected chi connectivity index (χ0v) is 6.76. The van der Waals surface area contributed by atoms with Crippen LogP contribution in [0.5, 0.6) is 0 Å². The van der Waals surface area contributed by atoms with Crippen LogP contribution >= 0.6 is 0 Å². The molecule has 0 bridgehead atoms. The van der Waals surface area contributed by atoms with Crippen molar-refractivity contribution in [3.05, 3.63) is 11.6 Å². The summed E-state index contributed by atoms with van der Waals surface area (Å²) in [5.74, 6) is 0. The van der Waals surface area contributed by atoms with Crippen LogP contribution in [-0.2, 0) is 4.74 Å². The van der Waals surface area contributed by atoms with E-state index >= 15 is 0 Å². The van der Waals surface area contributed by atoms with Gasteiger partial charge in [0.15, 0.2) is 0 Å². The number of hydrogen-bond donors (Lipinski definition) is 0. The van der Waals surface area contributed by atoms with E-state index in [0.717, 1.165) is 6.92 Å². The molecule has 0 rings (SSSR count). The van der Waals surface area contributed by atoms with Crippen molar-refractivity contribution in [1.82, 2.24) is 0 Å². The Morgan fingerprint density at radius 3 is 1.57 bits per heavy atom. The van der Waals surface area contributed by atoms with E-state index in [1.54, 1.807) is 0 Å². The van der Waals surface area contributed by atoms with Gasteiger partial charge in [0, 0.05) is 0 Å². The summed E-state index contributed by atoms with van der Waals surface area (Å²) in [4.78, 5) is 0. The molecular weight excluding hydrogens is 221 g/mol. The second-order valence-corrected chi connectivity index (χ2v) is 2.08. The van der Waals surface area contributed by atoms with Gasteiger partial charge in [-0.25, -0.2) is 0 Å². The van der Waals surface area contributed by atoms with Crippen molar-refractivity contribution in [1.29, 1.82) is 0 Å². The number of hydrogen-bond acceptors (Lipinski definition) is 1. The van der Waals surface area contributed by atoms with Crippen molar-refractivity contribution in [3.63, 3.8) is 0 Å². The van der Waals surface area contributed by atoms with Crippen LogP contribution in [0, 0.1) is 0 Å². The third-order valence-electron chi connectivity index (χ3n) is 1.03. The summed E-state index contributed by atoms with van der Waals surface area (Å²) in [5, 5.41) is 0. The summed E-state index contributed by atoms with van der Waals surface area (Å²) < 4.78 is 86.0. The van der Waals surface area contributed by atoms with Crippen molar-refractivity contribution in [2.45, 2.75) is 19.3 Å². The van der Waals surface area contributed by atoms with Crippen LogP contribution in [0.25, 0.3) is 0 Å². The molecule has 1 nitrogen and oxygen atoms in total. The van der Waals surface area contributed by atoms with E-state index in [1.807, 2.05) is 0 Å². The van der Waals surface area contributed by atoms with Gasteiger partial charge in [0.05, 0.1) is 6.61 Å². The summed E-state index contributed by atoms with van der Waals surface area (Å²) in [6.45, 7) is 0.436. The summed E-state index contributed by atoms with van der Waals surface area (Å²) in [6, 6.07) is -2.66. The monoisotopic (exact) mass is 226 g/mol. The summed E-state index contributed by atoms with van der Waals surface area (Å²) in [7, 11) is 0. The third kappa shape index (κ3) is 3.43. The fraction of sp³-hybridized carbons (Fsp3) is 0.667. The van der Waals surface area contributed by atoms with Crippen molar-refractivity contribution in [2.24, 2.45) is 0 Å². The van der Waals surface area contributed by atoms with Crippen molar-refractivity contribution >= 4 is 0 Å². The van der Waals surface area contributed by atoms with Gasteiger partial charge in [-0.05, 0) is 6.92 Å². The maximum atomic E-state index is 12.3. The maximum Gasteiger partial charge on any atom is 0.427 e. The highest BCUT2D eigenvalue weighted by atomic mass is 19.4. The molecule has 0 aromatic carbocycles. The fourth-order valence-corrected chi connectivity index (χ4v) is 0.582. The number of ether oxygens (including phenoxy) is 1. The largest absolute Gasteiger partial charge is 0.471 e. The van der Waals surface area contributed by atoms with Gasteiger partial charge in [-0.15, -0.1) is 0 Å². The standard InChI is InChI=1S/C6H5F7O/c1-2-14-4(7)3(5(8,9)10)6(11,12)13/h2H2,1H3. The van der Waals surface area contributed by atoms with E-state index < -0.39 is 30.5 Å². The topological polar surface area (TPSA) is 9.23 Å². The molecule has 0 atom stereocenters. The Hall–Kier alpha value is -0.950. The molecule has 0 saturated carbocycles. The minimum Gasteiger partial charge on any atom is -0.471 e. The predicted molar refractivity (Wildman–Crippen MR) is 31.9 cm³/mol. The summed E-state index contributed by atoms with van der Waals surface area (Å²) in [6.07, 6.45) is -11.6. The normalized spacial score (nSPS) is 12.6. The highest BCUT2D eigenvalue weighted by molar-refractivity contribution is 5.16. The zero-order chi connectivity index (χ0) is 11.6. The van der Waals surface area contributed by atoms with Crippen LogP contribution in [0.1, 0.15) is 6.92 Å². The highest BCUT2D eigenvalue weighted by Crippen LogP contribution is 2.41. The Labute approximate surface area is 74.1 Å². The van der Waals surface area contributed by atoms with E-state index in [4.69, 9.17) is 0 Å². The molecule has 0 saturated heterocycles. The first-order valence-corrected chi connectivity index (χ1v) is 3.27. The van der Waals surface area contributed by atoms with Gasteiger partial charge < -0.3 is 4.74 Å². The lowest BCUT2D eigenvalue weighted by molar-refractivity contribution is -0.179. The van der Waals surface area contributed by atoms with Gasteiger partial charge in [0.1, 0.15) is 0 Å². The Bertz CT molecular complexity index is 207. The Balaban J connectivity index is 5.22. The summed E-state index contributed by atoms with van der Waals surface area (Å²) >= 11 is 0. The first-order valence-electron chi connectivity index (χ1n) is 3.27. The first-order chi connectivity index (χ1) is 6.10. The molecule has 0 unspecified atom stereocenters. The molecule has 84 valence electrons. The molecule has 0 aromatic heterocycles. The molecule has 0 spiro atoms. The van der Waals surface area contributed by atoms with Crippen LogP contribution in [0.2, 0.25) is 0 Å². The van der Waals surface area contributed by atoms with E-state index in [2.05, 4.69) is 4.74 Å². The molecule has 0 aliphatic heterocycles. The molecule has 0 aliphatic carbocycles. The maximum absolute atomic E-state index is 12.3. The molecule has 14 heavy (non-hydrogen) atoms. The van der Waals surface area contributed by atoms with Gasteiger partial charge >= 0.3 is 12.4 Å². The molecule has 0 radical (unpaired) electrons. The Morgan fingerprint density at radius 1 is 1.00 bits per heavy atom. The molecular formula is C6H5F7O. The van der Waals surface area contributed by atoms with Gasteiger partial charge in [0.2, 0.25) is 5.57 Å². The van der Waals surface area contributed by atoms with Crippen molar-refractivity contribution < 1.29 is 35.5 Å². The SMILES string of the molecule is CCOC(F)=C(C(F)(F)F)C(F)(F)F. The number of alkyl halides is 6. The first kappa shape index (κ1) is 13.0. The highest BCUT2D eigenvalue weighted by Gasteiger charge is 2.55. The molecule has 0 N–H and O–H groups in total. The van der Waals surface area contributed by atoms with E-state index in [1.165, 1.54) is 0 Å². The van der Waals surface area contributed by atoms with Crippen LogP contribution < -0.4 is 0 Å². The molecule has 0 aromatic rings. The van der Waals surface area contributed by atoms with E-state index in [9.17, 15) is 30.7 Å². The van der Waals surface area contributed by atoms with Crippen LogP contribution in [-0.4, -0.2) is 19.0 Å². The molecule has 8 heteroatoms. The summed E-state index contributed by atoms with van der Waals surface area (Å²) in [5.41, 5.74) is -3.26. The lowest BCUT2D eigenvalue weighted by Crippen LogP contribution is -2.28. The van der Waals surface area contributed by atoms with Gasteiger partial charge in [0.25, 0.3) is 6.01 Å². The Morgan fingerprint density at radius 2 is 1.36 bits per heavy atom. The van der Waals surface area contributed by atoms with Gasteiger partial charge in [-0.3, -0.25) is 0 Å². The van der Waals surface area contributed by atoms with Crippen LogP contribution in [0.4, 0.5) is 30.7 Å². The minimum absolute atomic E-state index is 0.624. The minimum atomic E-state index is -5.82. The molecule has 0 amide bonds. The lowest BCUT2D eigenvalue weighted by atomic mass is 10.3. The third-order valence-corrected chi connectivity index (χ3v) is 1.03. The second kappa shape index (κ2) is 4.05. The van der Waals surface area contributed by atoms with Crippen LogP contribution in [0.3, 0.4) is 0 Å². The fourth-order valence-electron chi connectivity index (χ4n) is 0.582. The zero-order valence-electron chi connectivity index (χ0n) is 6.76. The quantitative estimate of drug-likeness (QED) is 0.518. The average molecular weight is 226 g/mol. The van der Waals surface area contributed by atoms with Gasteiger partial charge in [-0.2, -0.15) is 30.7 Å². The number of allylic oxidation sites excluding steroid dienone is 1. The van der Waals surface area contributed by atoms with E-state index in [0.29, 0.717) is 0 Å². The lowest BCUT2D eigenvalue weighted by Gasteiger charge is -2.15.